The Kier molecular flexibility index (Phi) is 4.30. The summed E-state index contributed by atoms with van der Waals surface area (Å²) < 4.78 is 7.57. The largest absolute Gasteiger partial charge is 0.486 e. The minimum absolute atomic E-state index is 0.325. The maximum atomic E-state index is 5.81. The Morgan fingerprint density at radius 3 is 2.65 bits per heavy atom. The second-order valence-corrected chi connectivity index (χ2v) is 7.22. The van der Waals surface area contributed by atoms with Crippen LogP contribution in [0.4, 0.5) is 5.69 Å². The zero-order valence-electron chi connectivity index (χ0n) is 14.9. The molecule has 0 N–H and O–H groups in total. The van der Waals surface area contributed by atoms with Gasteiger partial charge in [-0.1, -0.05) is 41.2 Å². The summed E-state index contributed by atoms with van der Waals surface area (Å²) in [6.45, 7) is 2.37. The number of hydrogen-bond acceptors (Lipinski definition) is 6. The fraction of sp³-hybridized carbons (Fsp3) is 0.211. The fourth-order valence-electron chi connectivity index (χ4n) is 2.56. The molecule has 26 heavy (non-hydrogen) atoms. The molecule has 0 radical (unpaired) electrons. The van der Waals surface area contributed by atoms with Gasteiger partial charge in [-0.05, 0) is 31.2 Å². The second kappa shape index (κ2) is 6.76. The van der Waals surface area contributed by atoms with E-state index in [1.54, 1.807) is 4.52 Å². The molecule has 0 atom stereocenters. The number of hydrogen-bond donors (Lipinski definition) is 0. The van der Waals surface area contributed by atoms with E-state index in [1.807, 2.05) is 51.4 Å². The molecule has 0 amide bonds. The lowest BCUT2D eigenvalue weighted by Gasteiger charge is -2.12. The van der Waals surface area contributed by atoms with Crippen molar-refractivity contribution < 1.29 is 4.74 Å². The van der Waals surface area contributed by atoms with E-state index in [1.165, 1.54) is 16.9 Å². The van der Waals surface area contributed by atoms with Crippen LogP contribution in [0.1, 0.15) is 11.4 Å². The van der Waals surface area contributed by atoms with Crippen LogP contribution >= 0.6 is 11.3 Å². The molecule has 4 aromatic rings. The molecule has 0 aliphatic carbocycles. The van der Waals surface area contributed by atoms with E-state index in [0.717, 1.165) is 27.0 Å². The number of anilines is 1. The van der Waals surface area contributed by atoms with Crippen molar-refractivity contribution in [2.24, 2.45) is 0 Å². The first-order chi connectivity index (χ1) is 12.6. The van der Waals surface area contributed by atoms with Crippen LogP contribution in [0.15, 0.2) is 48.5 Å². The van der Waals surface area contributed by atoms with Gasteiger partial charge >= 0.3 is 0 Å². The average molecular weight is 365 g/mol. The molecule has 0 saturated heterocycles. The third-order valence-electron chi connectivity index (χ3n) is 4.05. The van der Waals surface area contributed by atoms with Crippen molar-refractivity contribution in [2.45, 2.75) is 13.5 Å². The third kappa shape index (κ3) is 3.25. The summed E-state index contributed by atoms with van der Waals surface area (Å²) in [6.07, 6.45) is 0. The molecule has 0 unspecified atom stereocenters. The van der Waals surface area contributed by atoms with Gasteiger partial charge in [0, 0.05) is 25.3 Å². The van der Waals surface area contributed by atoms with Gasteiger partial charge in [0.2, 0.25) is 4.96 Å². The number of benzene rings is 2. The molecule has 2 aromatic heterocycles. The fourth-order valence-corrected chi connectivity index (χ4v) is 3.42. The Morgan fingerprint density at radius 1 is 1.08 bits per heavy atom. The van der Waals surface area contributed by atoms with Gasteiger partial charge in [0.25, 0.3) is 0 Å². The number of aromatic nitrogens is 4. The van der Waals surface area contributed by atoms with Crippen molar-refractivity contribution in [2.75, 3.05) is 19.0 Å². The molecule has 2 aromatic carbocycles. The first-order valence-corrected chi connectivity index (χ1v) is 9.10. The zero-order chi connectivity index (χ0) is 18.1. The van der Waals surface area contributed by atoms with Crippen LogP contribution in [0.3, 0.4) is 0 Å². The third-order valence-corrected chi connectivity index (χ3v) is 5.00. The highest BCUT2D eigenvalue weighted by Gasteiger charge is 2.14. The van der Waals surface area contributed by atoms with Crippen LogP contribution in [0.25, 0.3) is 15.5 Å². The van der Waals surface area contributed by atoms with Gasteiger partial charge < -0.3 is 9.64 Å². The summed E-state index contributed by atoms with van der Waals surface area (Å²) >= 11 is 1.52. The minimum atomic E-state index is 0.325. The summed E-state index contributed by atoms with van der Waals surface area (Å²) in [5, 5.41) is 14.0. The van der Waals surface area contributed by atoms with Crippen LogP contribution in [0.5, 0.6) is 5.75 Å². The van der Waals surface area contributed by atoms with Crippen molar-refractivity contribution in [1.29, 1.82) is 0 Å². The Balaban J connectivity index is 1.59. The molecule has 0 spiro atoms. The molecule has 4 rings (SSSR count). The van der Waals surface area contributed by atoms with E-state index in [4.69, 9.17) is 4.74 Å². The van der Waals surface area contributed by atoms with Gasteiger partial charge in [-0.3, -0.25) is 0 Å². The minimum Gasteiger partial charge on any atom is -0.486 e. The van der Waals surface area contributed by atoms with Gasteiger partial charge in [-0.15, -0.1) is 10.2 Å². The van der Waals surface area contributed by atoms with Gasteiger partial charge in [0.1, 0.15) is 17.4 Å². The highest BCUT2D eigenvalue weighted by molar-refractivity contribution is 7.19. The normalized spacial score (nSPS) is 11.0. The molecule has 0 aliphatic heterocycles. The first-order valence-electron chi connectivity index (χ1n) is 8.28. The van der Waals surface area contributed by atoms with E-state index in [2.05, 4.69) is 38.4 Å². The van der Waals surface area contributed by atoms with Crippen molar-refractivity contribution in [3.63, 3.8) is 0 Å². The Labute approximate surface area is 155 Å². The predicted octanol–water partition coefficient (Wildman–Crippen LogP) is 3.81. The van der Waals surface area contributed by atoms with Crippen molar-refractivity contribution in [1.82, 2.24) is 19.8 Å². The van der Waals surface area contributed by atoms with E-state index in [-0.39, 0.29) is 0 Å². The summed E-state index contributed by atoms with van der Waals surface area (Å²) in [6, 6.07) is 16.2. The van der Waals surface area contributed by atoms with E-state index < -0.39 is 0 Å². The highest BCUT2D eigenvalue weighted by atomic mass is 32.1. The molecule has 6 nitrogen and oxygen atoms in total. The van der Waals surface area contributed by atoms with Crippen LogP contribution in [-0.4, -0.2) is 33.9 Å². The van der Waals surface area contributed by atoms with Crippen molar-refractivity contribution >= 4 is 22.0 Å². The molecule has 132 valence electrons. The molecular weight excluding hydrogens is 346 g/mol. The first kappa shape index (κ1) is 16.5. The summed E-state index contributed by atoms with van der Waals surface area (Å²) in [5.41, 5.74) is 3.40. The lowest BCUT2D eigenvalue weighted by atomic mass is 10.2. The van der Waals surface area contributed by atoms with Crippen LogP contribution < -0.4 is 9.64 Å². The number of ether oxygens (including phenoxy) is 1. The second-order valence-electron chi connectivity index (χ2n) is 6.26. The van der Waals surface area contributed by atoms with Gasteiger partial charge in [-0.2, -0.15) is 9.61 Å². The Bertz CT molecular complexity index is 1040. The number of rotatable bonds is 5. The highest BCUT2D eigenvalue weighted by Crippen LogP contribution is 2.28. The Morgan fingerprint density at radius 2 is 1.88 bits per heavy atom. The SMILES string of the molecule is Cc1ccc(OCc2nnc3sc(-c4cccc(N(C)C)c4)nn23)cc1. The van der Waals surface area contributed by atoms with Crippen LogP contribution in [-0.2, 0) is 6.61 Å². The van der Waals surface area contributed by atoms with Crippen molar-refractivity contribution in [3.8, 4) is 16.3 Å². The summed E-state index contributed by atoms with van der Waals surface area (Å²) in [7, 11) is 4.05. The molecule has 0 aliphatic rings. The van der Waals surface area contributed by atoms with Crippen LogP contribution in [0, 0.1) is 6.92 Å². The molecule has 7 heteroatoms. The molecule has 0 bridgehead atoms. The standard InChI is InChI=1S/C19H19N5OS/c1-13-7-9-16(10-8-13)25-12-17-20-21-19-24(17)22-18(26-19)14-5-4-6-15(11-14)23(2)3/h4-11H,12H2,1-3H3. The summed E-state index contributed by atoms with van der Waals surface area (Å²) in [4.78, 5) is 2.84. The monoisotopic (exact) mass is 365 g/mol. The van der Waals surface area contributed by atoms with Crippen molar-refractivity contribution in [3.05, 3.63) is 59.9 Å². The van der Waals surface area contributed by atoms with E-state index >= 15 is 0 Å². The molecule has 0 fully saturated rings. The summed E-state index contributed by atoms with van der Waals surface area (Å²) in [5.74, 6) is 1.49. The molecule has 0 saturated carbocycles. The number of aryl methyl sites for hydroxylation is 1. The topological polar surface area (TPSA) is 55.6 Å². The van der Waals surface area contributed by atoms with Gasteiger partial charge in [0.15, 0.2) is 5.82 Å². The van der Waals surface area contributed by atoms with Gasteiger partial charge in [0.05, 0.1) is 0 Å². The maximum Gasteiger partial charge on any atom is 0.235 e. The average Bonchev–Trinajstić information content (AvgIpc) is 3.22. The van der Waals surface area contributed by atoms with Crippen LogP contribution in [0.2, 0.25) is 0 Å². The van der Waals surface area contributed by atoms with Gasteiger partial charge in [-0.25, -0.2) is 0 Å². The smallest absolute Gasteiger partial charge is 0.235 e. The maximum absolute atomic E-state index is 5.81. The quantitative estimate of drug-likeness (QED) is 0.538. The number of nitrogens with zero attached hydrogens (tertiary/aromatic N) is 5. The number of fused-ring (bicyclic) bond motifs is 1. The van der Waals surface area contributed by atoms with E-state index in [9.17, 15) is 0 Å². The lowest BCUT2D eigenvalue weighted by Crippen LogP contribution is -2.08. The van der Waals surface area contributed by atoms with E-state index in [0.29, 0.717) is 12.4 Å². The molecule has 2 heterocycles. The molecular formula is C19H19N5OS. The predicted molar refractivity (Wildman–Crippen MR) is 104 cm³/mol. The zero-order valence-corrected chi connectivity index (χ0v) is 15.7. The lowest BCUT2D eigenvalue weighted by molar-refractivity contribution is 0.293. The Hall–Kier alpha value is -2.93.